The van der Waals surface area contributed by atoms with Crippen LogP contribution in [0.2, 0.25) is 10.0 Å². The quantitative estimate of drug-likeness (QED) is 0.813. The van der Waals surface area contributed by atoms with Crippen LogP contribution >= 0.6 is 39.1 Å². The van der Waals surface area contributed by atoms with Crippen LogP contribution in [0, 0.1) is 0 Å². The normalized spacial score (nSPS) is 12.4. The maximum absolute atomic E-state index is 6.23. The fourth-order valence-electron chi connectivity index (χ4n) is 2.07. The average Bonchev–Trinajstić information content (AvgIpc) is 2.40. The summed E-state index contributed by atoms with van der Waals surface area (Å²) in [5.74, 6) is 0.230. The highest BCUT2D eigenvalue weighted by Gasteiger charge is 2.14. The van der Waals surface area contributed by atoms with Gasteiger partial charge in [-0.1, -0.05) is 63.4 Å². The van der Waals surface area contributed by atoms with E-state index in [2.05, 4.69) is 28.1 Å². The molecule has 0 aliphatic carbocycles. The number of nitrogens with two attached hydrogens (primary N) is 1. The van der Waals surface area contributed by atoms with E-state index in [0.717, 1.165) is 16.5 Å². The summed E-state index contributed by atoms with van der Waals surface area (Å²) in [6.45, 7) is 0.569. The molecule has 19 heavy (non-hydrogen) atoms. The molecular weight excluding hydrogens is 345 g/mol. The number of hydrogen-bond donors (Lipinski definition) is 1. The van der Waals surface area contributed by atoms with Gasteiger partial charge in [-0.25, -0.2) is 0 Å². The first-order chi connectivity index (χ1) is 9.11. The third-order valence-electron chi connectivity index (χ3n) is 3.10. The van der Waals surface area contributed by atoms with E-state index >= 15 is 0 Å². The van der Waals surface area contributed by atoms with E-state index in [4.69, 9.17) is 28.9 Å². The SMILES string of the molecule is NCC(Cc1cccc(Cl)c1Cl)c1cccc(Br)c1. The topological polar surface area (TPSA) is 26.0 Å². The molecule has 1 nitrogen and oxygen atoms in total. The van der Waals surface area contributed by atoms with E-state index in [-0.39, 0.29) is 5.92 Å². The fraction of sp³-hybridized carbons (Fsp3) is 0.200. The lowest BCUT2D eigenvalue weighted by Gasteiger charge is -2.17. The molecule has 0 heterocycles. The van der Waals surface area contributed by atoms with Crippen LogP contribution in [0.5, 0.6) is 0 Å². The van der Waals surface area contributed by atoms with Gasteiger partial charge in [0.15, 0.2) is 0 Å². The molecule has 4 heteroatoms. The second-order valence-electron chi connectivity index (χ2n) is 4.40. The van der Waals surface area contributed by atoms with Crippen LogP contribution in [0.3, 0.4) is 0 Å². The Kier molecular flexibility index (Phi) is 5.28. The zero-order chi connectivity index (χ0) is 13.8. The molecule has 0 radical (unpaired) electrons. The van der Waals surface area contributed by atoms with E-state index in [1.54, 1.807) is 6.07 Å². The van der Waals surface area contributed by atoms with Gasteiger partial charge >= 0.3 is 0 Å². The molecule has 2 aromatic rings. The third-order valence-corrected chi connectivity index (χ3v) is 4.45. The van der Waals surface area contributed by atoms with E-state index in [1.807, 2.05) is 24.3 Å². The van der Waals surface area contributed by atoms with E-state index in [1.165, 1.54) is 5.56 Å². The van der Waals surface area contributed by atoms with Crippen molar-refractivity contribution in [1.82, 2.24) is 0 Å². The van der Waals surface area contributed by atoms with Gasteiger partial charge in [0.1, 0.15) is 0 Å². The summed E-state index contributed by atoms with van der Waals surface area (Å²) in [5, 5.41) is 1.21. The van der Waals surface area contributed by atoms with Gasteiger partial charge < -0.3 is 5.73 Å². The van der Waals surface area contributed by atoms with Crippen LogP contribution in [-0.4, -0.2) is 6.54 Å². The Balaban J connectivity index is 2.26. The zero-order valence-corrected chi connectivity index (χ0v) is 13.3. The highest BCUT2D eigenvalue weighted by Crippen LogP contribution is 2.30. The van der Waals surface area contributed by atoms with Crippen molar-refractivity contribution in [3.05, 3.63) is 68.1 Å². The summed E-state index contributed by atoms with van der Waals surface area (Å²) in [7, 11) is 0. The van der Waals surface area contributed by atoms with E-state index in [0.29, 0.717) is 16.6 Å². The molecule has 0 aliphatic heterocycles. The van der Waals surface area contributed by atoms with Gasteiger partial charge in [0, 0.05) is 10.4 Å². The molecule has 2 N–H and O–H groups in total. The molecule has 0 saturated heterocycles. The van der Waals surface area contributed by atoms with Crippen molar-refractivity contribution in [1.29, 1.82) is 0 Å². The Morgan fingerprint density at radius 1 is 1.11 bits per heavy atom. The summed E-state index contributed by atoms with van der Waals surface area (Å²) < 4.78 is 1.06. The second-order valence-corrected chi connectivity index (χ2v) is 6.11. The minimum Gasteiger partial charge on any atom is -0.330 e. The Morgan fingerprint density at radius 2 is 1.84 bits per heavy atom. The molecule has 2 rings (SSSR count). The molecule has 0 amide bonds. The summed E-state index contributed by atoms with van der Waals surface area (Å²) in [6, 6.07) is 13.9. The highest BCUT2D eigenvalue weighted by molar-refractivity contribution is 9.10. The first-order valence-corrected chi connectivity index (χ1v) is 7.55. The Hall–Kier alpha value is -0.540. The van der Waals surface area contributed by atoms with E-state index in [9.17, 15) is 0 Å². The van der Waals surface area contributed by atoms with Crippen molar-refractivity contribution < 1.29 is 0 Å². The van der Waals surface area contributed by atoms with Crippen molar-refractivity contribution in [3.63, 3.8) is 0 Å². The summed E-state index contributed by atoms with van der Waals surface area (Å²) >= 11 is 15.8. The summed E-state index contributed by atoms with van der Waals surface area (Å²) in [5.41, 5.74) is 8.13. The van der Waals surface area contributed by atoms with Crippen LogP contribution in [0.1, 0.15) is 17.0 Å². The zero-order valence-electron chi connectivity index (χ0n) is 10.2. The van der Waals surface area contributed by atoms with Crippen LogP contribution in [-0.2, 0) is 6.42 Å². The molecular formula is C15H14BrCl2N. The lowest BCUT2D eigenvalue weighted by molar-refractivity contribution is 0.694. The molecule has 1 unspecified atom stereocenters. The molecule has 0 bridgehead atoms. The molecule has 0 fully saturated rings. The van der Waals surface area contributed by atoms with Gasteiger partial charge in [-0.15, -0.1) is 0 Å². The minimum absolute atomic E-state index is 0.230. The molecule has 1 atom stereocenters. The van der Waals surface area contributed by atoms with Crippen molar-refractivity contribution in [2.24, 2.45) is 5.73 Å². The van der Waals surface area contributed by atoms with Crippen LogP contribution in [0.15, 0.2) is 46.9 Å². The smallest absolute Gasteiger partial charge is 0.0624 e. The van der Waals surface area contributed by atoms with Crippen LogP contribution in [0.4, 0.5) is 0 Å². The summed E-state index contributed by atoms with van der Waals surface area (Å²) in [6.07, 6.45) is 0.784. The molecule has 100 valence electrons. The number of benzene rings is 2. The van der Waals surface area contributed by atoms with Crippen molar-refractivity contribution in [2.75, 3.05) is 6.54 Å². The predicted octanol–water partition coefficient (Wildman–Crippen LogP) is 5.04. The van der Waals surface area contributed by atoms with Crippen molar-refractivity contribution >= 4 is 39.1 Å². The minimum atomic E-state index is 0.230. The van der Waals surface area contributed by atoms with Crippen LogP contribution < -0.4 is 5.73 Å². The molecule has 0 aliphatic rings. The number of hydrogen-bond acceptors (Lipinski definition) is 1. The Bertz CT molecular complexity index is 572. The van der Waals surface area contributed by atoms with Gasteiger partial charge in [-0.3, -0.25) is 0 Å². The van der Waals surface area contributed by atoms with Gasteiger partial charge in [0.25, 0.3) is 0 Å². The predicted molar refractivity (Wildman–Crippen MR) is 86.1 cm³/mol. The third kappa shape index (κ3) is 3.73. The fourth-order valence-corrected chi connectivity index (χ4v) is 2.88. The Labute approximate surface area is 131 Å². The average molecular weight is 359 g/mol. The lowest BCUT2D eigenvalue weighted by Crippen LogP contribution is -2.15. The van der Waals surface area contributed by atoms with Gasteiger partial charge in [-0.2, -0.15) is 0 Å². The molecule has 0 saturated carbocycles. The lowest BCUT2D eigenvalue weighted by atomic mass is 9.92. The largest absolute Gasteiger partial charge is 0.330 e. The Morgan fingerprint density at radius 3 is 2.53 bits per heavy atom. The van der Waals surface area contributed by atoms with Crippen LogP contribution in [0.25, 0.3) is 0 Å². The molecule has 0 aromatic heterocycles. The monoisotopic (exact) mass is 357 g/mol. The van der Waals surface area contributed by atoms with Gasteiger partial charge in [-0.05, 0) is 42.3 Å². The van der Waals surface area contributed by atoms with E-state index < -0.39 is 0 Å². The van der Waals surface area contributed by atoms with Gasteiger partial charge in [0.2, 0.25) is 0 Å². The maximum Gasteiger partial charge on any atom is 0.0624 e. The van der Waals surface area contributed by atoms with Crippen molar-refractivity contribution in [2.45, 2.75) is 12.3 Å². The first kappa shape index (κ1) is 14.9. The van der Waals surface area contributed by atoms with Crippen molar-refractivity contribution in [3.8, 4) is 0 Å². The molecule has 2 aromatic carbocycles. The standard InChI is InChI=1S/C15H14BrCl2N/c16-13-5-1-3-10(8-13)12(9-19)7-11-4-2-6-14(17)15(11)18/h1-6,8,12H,7,9,19H2. The maximum atomic E-state index is 6.23. The number of halogens is 3. The summed E-state index contributed by atoms with van der Waals surface area (Å²) in [4.78, 5) is 0. The molecule has 0 spiro atoms. The second kappa shape index (κ2) is 6.76. The highest BCUT2D eigenvalue weighted by atomic mass is 79.9. The first-order valence-electron chi connectivity index (χ1n) is 6.00. The number of rotatable bonds is 4. The van der Waals surface area contributed by atoms with Gasteiger partial charge in [0.05, 0.1) is 10.0 Å².